The molecule has 1 aromatic heterocycles. The van der Waals surface area contributed by atoms with Crippen molar-refractivity contribution in [2.45, 2.75) is 38.6 Å². The summed E-state index contributed by atoms with van der Waals surface area (Å²) in [6.45, 7) is 1.59. The molecule has 2 aromatic rings. The summed E-state index contributed by atoms with van der Waals surface area (Å²) in [5.74, 6) is 1.19. The third kappa shape index (κ3) is 5.57. The number of nitrogens with one attached hydrogen (secondary N) is 1. The second-order valence-corrected chi connectivity index (χ2v) is 7.60. The number of benzene rings is 1. The van der Waals surface area contributed by atoms with E-state index in [1.54, 1.807) is 12.1 Å². The Bertz CT molecular complexity index is 706. The molecule has 3 rings (SSSR count). The van der Waals surface area contributed by atoms with Crippen molar-refractivity contribution >= 4 is 41.3 Å². The van der Waals surface area contributed by atoms with Crippen molar-refractivity contribution in [2.75, 3.05) is 20.6 Å². The lowest BCUT2D eigenvalue weighted by molar-refractivity contribution is 0.474. The summed E-state index contributed by atoms with van der Waals surface area (Å²) in [5.41, 5.74) is 2.51. The highest BCUT2D eigenvalue weighted by atomic mass is 127. The van der Waals surface area contributed by atoms with Crippen LogP contribution in [0, 0.1) is 0 Å². The summed E-state index contributed by atoms with van der Waals surface area (Å²) in [6.07, 6.45) is 5.78. The van der Waals surface area contributed by atoms with Crippen LogP contribution in [0.15, 0.2) is 29.3 Å². The number of halogens is 1. The number of aliphatic imine (C=N–C) groups is 1. The van der Waals surface area contributed by atoms with Crippen molar-refractivity contribution in [1.29, 1.82) is 0 Å². The van der Waals surface area contributed by atoms with E-state index in [0.29, 0.717) is 5.75 Å². The van der Waals surface area contributed by atoms with Crippen LogP contribution < -0.4 is 5.32 Å². The molecule has 1 aliphatic rings. The van der Waals surface area contributed by atoms with E-state index in [2.05, 4.69) is 22.3 Å². The number of aromatic nitrogens is 1. The highest BCUT2D eigenvalue weighted by Crippen LogP contribution is 2.27. The first-order valence-electron chi connectivity index (χ1n) is 8.83. The molecule has 1 aliphatic carbocycles. The number of phenolic OH excluding ortho intramolecular Hbond substituents is 1. The Hall–Kier alpha value is -1.35. The van der Waals surface area contributed by atoms with Crippen LogP contribution in [0.3, 0.4) is 0 Å². The third-order valence-electron chi connectivity index (χ3n) is 4.47. The number of fused-ring (bicyclic) bond motifs is 1. The van der Waals surface area contributed by atoms with Gasteiger partial charge in [0.25, 0.3) is 0 Å². The standard InChI is InChI=1S/C19H26N4OS.HI/c1-20-19(21-12-11-14-7-9-15(24)10-8-14)23(2)13-18-22-16-5-3-4-6-17(16)25-18;/h7-10,24H,3-6,11-13H2,1-2H3,(H,20,21);1H. The van der Waals surface area contributed by atoms with Crippen LogP contribution in [0.5, 0.6) is 5.75 Å². The van der Waals surface area contributed by atoms with Gasteiger partial charge in [-0.3, -0.25) is 4.99 Å². The maximum atomic E-state index is 9.34. The van der Waals surface area contributed by atoms with Gasteiger partial charge in [0.15, 0.2) is 5.96 Å². The molecule has 0 unspecified atom stereocenters. The Morgan fingerprint density at radius 3 is 2.69 bits per heavy atom. The Balaban J connectivity index is 0.00000243. The Kier molecular flexibility index (Phi) is 8.15. The summed E-state index contributed by atoms with van der Waals surface area (Å²) in [4.78, 5) is 12.8. The number of aryl methyl sites for hydroxylation is 2. The molecule has 0 amide bonds. The van der Waals surface area contributed by atoms with E-state index in [-0.39, 0.29) is 24.0 Å². The maximum absolute atomic E-state index is 9.34. The van der Waals surface area contributed by atoms with Crippen LogP contribution in [0.1, 0.15) is 34.0 Å². The molecule has 7 heteroatoms. The minimum absolute atomic E-state index is 0. The van der Waals surface area contributed by atoms with Gasteiger partial charge < -0.3 is 15.3 Å². The Morgan fingerprint density at radius 2 is 2.00 bits per heavy atom. The van der Waals surface area contributed by atoms with Crippen molar-refractivity contribution < 1.29 is 5.11 Å². The first-order chi connectivity index (χ1) is 12.2. The van der Waals surface area contributed by atoms with Gasteiger partial charge in [0.05, 0.1) is 12.2 Å². The number of nitrogens with zero attached hydrogens (tertiary/aromatic N) is 3. The van der Waals surface area contributed by atoms with E-state index in [1.807, 2.05) is 30.5 Å². The predicted molar refractivity (Wildman–Crippen MR) is 119 cm³/mol. The first-order valence-corrected chi connectivity index (χ1v) is 9.64. The molecule has 0 radical (unpaired) electrons. The van der Waals surface area contributed by atoms with Gasteiger partial charge in [0.2, 0.25) is 0 Å². The number of hydrogen-bond acceptors (Lipinski definition) is 4. The van der Waals surface area contributed by atoms with Crippen LogP contribution in [-0.2, 0) is 25.8 Å². The lowest BCUT2D eigenvalue weighted by Gasteiger charge is -2.21. The van der Waals surface area contributed by atoms with E-state index < -0.39 is 0 Å². The molecule has 0 atom stereocenters. The number of hydrogen-bond donors (Lipinski definition) is 2. The normalized spacial score (nSPS) is 13.7. The lowest BCUT2D eigenvalue weighted by atomic mass is 10.0. The van der Waals surface area contributed by atoms with E-state index in [9.17, 15) is 5.11 Å². The highest BCUT2D eigenvalue weighted by Gasteiger charge is 2.16. The molecule has 0 bridgehead atoms. The van der Waals surface area contributed by atoms with Crippen molar-refractivity contribution in [3.05, 3.63) is 45.4 Å². The van der Waals surface area contributed by atoms with E-state index >= 15 is 0 Å². The zero-order valence-electron chi connectivity index (χ0n) is 15.4. The molecule has 0 saturated heterocycles. The van der Waals surface area contributed by atoms with Gasteiger partial charge in [0.1, 0.15) is 10.8 Å². The average molecular weight is 486 g/mol. The van der Waals surface area contributed by atoms with Gasteiger partial charge in [-0.25, -0.2) is 4.98 Å². The zero-order valence-corrected chi connectivity index (χ0v) is 18.5. The van der Waals surface area contributed by atoms with Crippen LogP contribution in [-0.4, -0.2) is 41.6 Å². The predicted octanol–water partition coefficient (Wildman–Crippen LogP) is 3.60. The van der Waals surface area contributed by atoms with Gasteiger partial charge in [0, 0.05) is 25.5 Å². The summed E-state index contributed by atoms with van der Waals surface area (Å²) >= 11 is 1.85. The van der Waals surface area contributed by atoms with Gasteiger partial charge in [-0.15, -0.1) is 35.3 Å². The third-order valence-corrected chi connectivity index (χ3v) is 5.61. The molecule has 0 aliphatic heterocycles. The Labute approximate surface area is 176 Å². The van der Waals surface area contributed by atoms with Crippen LogP contribution in [0.25, 0.3) is 0 Å². The van der Waals surface area contributed by atoms with E-state index in [1.165, 1.54) is 40.4 Å². The second-order valence-electron chi connectivity index (χ2n) is 6.43. The van der Waals surface area contributed by atoms with Gasteiger partial charge in [-0.1, -0.05) is 12.1 Å². The monoisotopic (exact) mass is 486 g/mol. The molecule has 0 fully saturated rings. The molecule has 1 heterocycles. The van der Waals surface area contributed by atoms with Crippen LogP contribution in [0.4, 0.5) is 0 Å². The van der Waals surface area contributed by atoms with Crippen molar-refractivity contribution in [2.24, 2.45) is 4.99 Å². The molecular weight excluding hydrogens is 459 g/mol. The molecule has 0 saturated carbocycles. The van der Waals surface area contributed by atoms with Gasteiger partial charge in [-0.2, -0.15) is 0 Å². The van der Waals surface area contributed by atoms with Crippen molar-refractivity contribution in [3.8, 4) is 5.75 Å². The number of phenols is 1. The molecule has 1 aromatic carbocycles. The van der Waals surface area contributed by atoms with Gasteiger partial charge >= 0.3 is 0 Å². The van der Waals surface area contributed by atoms with Crippen LogP contribution in [0.2, 0.25) is 0 Å². The van der Waals surface area contributed by atoms with Crippen molar-refractivity contribution in [1.82, 2.24) is 15.2 Å². The summed E-state index contributed by atoms with van der Waals surface area (Å²) in [7, 11) is 3.86. The number of thiazole rings is 1. The fourth-order valence-electron chi connectivity index (χ4n) is 3.12. The summed E-state index contributed by atoms with van der Waals surface area (Å²) < 4.78 is 0. The number of guanidine groups is 1. The fourth-order valence-corrected chi connectivity index (χ4v) is 4.33. The Morgan fingerprint density at radius 1 is 1.27 bits per heavy atom. The maximum Gasteiger partial charge on any atom is 0.193 e. The molecular formula is C19H27IN4OS. The molecule has 26 heavy (non-hydrogen) atoms. The minimum atomic E-state index is 0. The zero-order chi connectivity index (χ0) is 17.6. The fraction of sp³-hybridized carbons (Fsp3) is 0.474. The number of rotatable bonds is 5. The summed E-state index contributed by atoms with van der Waals surface area (Å²) in [6, 6.07) is 7.34. The van der Waals surface area contributed by atoms with Gasteiger partial charge in [-0.05, 0) is 49.8 Å². The average Bonchev–Trinajstić information content (AvgIpc) is 3.02. The van der Waals surface area contributed by atoms with Crippen molar-refractivity contribution in [3.63, 3.8) is 0 Å². The summed E-state index contributed by atoms with van der Waals surface area (Å²) in [5, 5.41) is 13.9. The molecule has 0 spiro atoms. The molecule has 142 valence electrons. The smallest absolute Gasteiger partial charge is 0.193 e. The highest BCUT2D eigenvalue weighted by molar-refractivity contribution is 14.0. The largest absolute Gasteiger partial charge is 0.508 e. The first kappa shape index (κ1) is 21.0. The van der Waals surface area contributed by atoms with Crippen LogP contribution >= 0.6 is 35.3 Å². The number of aromatic hydroxyl groups is 1. The van der Waals surface area contributed by atoms with E-state index in [0.717, 1.165) is 31.9 Å². The molecule has 5 nitrogen and oxygen atoms in total. The quantitative estimate of drug-likeness (QED) is 0.385. The second kappa shape index (κ2) is 10.1. The topological polar surface area (TPSA) is 60.8 Å². The van der Waals surface area contributed by atoms with E-state index in [4.69, 9.17) is 4.98 Å². The lowest BCUT2D eigenvalue weighted by Crippen LogP contribution is -2.39. The SMILES string of the molecule is CN=C(NCCc1ccc(O)cc1)N(C)Cc1nc2c(s1)CCCC2.I. The molecule has 2 N–H and O–H groups in total. The minimum Gasteiger partial charge on any atom is -0.508 e.